The molecular formula is C21H21ClN2O5. The van der Waals surface area contributed by atoms with Crippen LogP contribution in [0, 0.1) is 12.8 Å². The highest BCUT2D eigenvalue weighted by atomic mass is 35.5. The lowest BCUT2D eigenvalue weighted by Gasteiger charge is -2.19. The number of rotatable bonds is 6. The molecule has 0 bridgehead atoms. The van der Waals surface area contributed by atoms with Crippen LogP contribution in [0.5, 0.6) is 5.75 Å². The maximum absolute atomic E-state index is 12.4. The van der Waals surface area contributed by atoms with Gasteiger partial charge in [0.2, 0.25) is 5.91 Å². The molecule has 2 aromatic rings. The van der Waals surface area contributed by atoms with E-state index in [-0.39, 0.29) is 18.9 Å². The molecule has 1 aliphatic heterocycles. The third-order valence-corrected chi connectivity index (χ3v) is 5.13. The Hall–Kier alpha value is -3.06. The number of carbonyl (C=O) groups is 3. The van der Waals surface area contributed by atoms with Crippen molar-refractivity contribution < 1.29 is 23.9 Å². The van der Waals surface area contributed by atoms with Crippen molar-refractivity contribution in [2.75, 3.05) is 30.5 Å². The highest BCUT2D eigenvalue weighted by molar-refractivity contribution is 6.31. The first kappa shape index (κ1) is 20.7. The molecule has 0 spiro atoms. The van der Waals surface area contributed by atoms with Gasteiger partial charge in [0.15, 0.2) is 6.61 Å². The molecule has 1 fully saturated rings. The summed E-state index contributed by atoms with van der Waals surface area (Å²) in [6.07, 6.45) is 0.0197. The molecule has 7 nitrogen and oxygen atoms in total. The standard InChI is InChI=1S/C21H21ClN2O5/c1-13-15(22)6-5-7-16(13)23-19(25)12-29-21(27)14-10-20(26)24(11-14)17-8-3-4-9-18(17)28-2/h3-9,14H,10-12H2,1-2H3,(H,23,25)/t14-/m1/s1. The van der Waals surface area contributed by atoms with Gasteiger partial charge in [-0.1, -0.05) is 29.8 Å². The number of para-hydroxylation sites is 2. The summed E-state index contributed by atoms with van der Waals surface area (Å²) in [4.78, 5) is 38.3. The second-order valence-corrected chi connectivity index (χ2v) is 7.05. The Morgan fingerprint density at radius 3 is 2.72 bits per heavy atom. The van der Waals surface area contributed by atoms with Crippen LogP contribution in [0.25, 0.3) is 0 Å². The number of halogens is 1. The summed E-state index contributed by atoms with van der Waals surface area (Å²) in [5, 5.41) is 3.19. The van der Waals surface area contributed by atoms with Crippen LogP contribution >= 0.6 is 11.6 Å². The molecule has 0 saturated carbocycles. The smallest absolute Gasteiger partial charge is 0.311 e. The summed E-state index contributed by atoms with van der Waals surface area (Å²) < 4.78 is 10.4. The third-order valence-electron chi connectivity index (χ3n) is 4.72. The summed E-state index contributed by atoms with van der Waals surface area (Å²) in [5.74, 6) is -1.36. The second kappa shape index (κ2) is 8.96. The highest BCUT2D eigenvalue weighted by Crippen LogP contribution is 2.33. The van der Waals surface area contributed by atoms with Gasteiger partial charge in [-0.2, -0.15) is 0 Å². The predicted octanol–water partition coefficient (Wildman–Crippen LogP) is 3.19. The van der Waals surface area contributed by atoms with Crippen LogP contribution in [-0.2, 0) is 19.1 Å². The molecule has 152 valence electrons. The topological polar surface area (TPSA) is 84.9 Å². The Balaban J connectivity index is 1.57. The normalized spacial score (nSPS) is 15.9. The van der Waals surface area contributed by atoms with E-state index in [4.69, 9.17) is 21.1 Å². The average molecular weight is 417 g/mol. The van der Waals surface area contributed by atoms with Crippen molar-refractivity contribution in [1.82, 2.24) is 0 Å². The molecule has 3 rings (SSSR count). The van der Waals surface area contributed by atoms with E-state index in [1.165, 1.54) is 12.0 Å². The number of methoxy groups -OCH3 is 1. The number of hydrogen-bond donors (Lipinski definition) is 1. The molecule has 29 heavy (non-hydrogen) atoms. The van der Waals surface area contributed by atoms with Gasteiger partial charge < -0.3 is 19.7 Å². The predicted molar refractivity (Wildman–Crippen MR) is 109 cm³/mol. The fraction of sp³-hybridized carbons (Fsp3) is 0.286. The Kier molecular flexibility index (Phi) is 6.39. The number of benzene rings is 2. The van der Waals surface area contributed by atoms with Gasteiger partial charge >= 0.3 is 5.97 Å². The van der Waals surface area contributed by atoms with Gasteiger partial charge in [-0.25, -0.2) is 0 Å². The molecule has 1 aliphatic rings. The highest BCUT2D eigenvalue weighted by Gasteiger charge is 2.37. The van der Waals surface area contributed by atoms with Crippen molar-refractivity contribution in [2.45, 2.75) is 13.3 Å². The fourth-order valence-corrected chi connectivity index (χ4v) is 3.31. The SMILES string of the molecule is COc1ccccc1N1C[C@H](C(=O)OCC(=O)Nc2cccc(Cl)c2C)CC1=O. The Morgan fingerprint density at radius 2 is 1.97 bits per heavy atom. The molecule has 0 unspecified atom stereocenters. The molecule has 0 aliphatic carbocycles. The number of amides is 2. The fourth-order valence-electron chi connectivity index (χ4n) is 3.13. The zero-order valence-electron chi connectivity index (χ0n) is 16.1. The Morgan fingerprint density at radius 1 is 1.21 bits per heavy atom. The number of ether oxygens (including phenoxy) is 2. The summed E-state index contributed by atoms with van der Waals surface area (Å²) in [6, 6.07) is 12.2. The molecule has 1 heterocycles. The van der Waals surface area contributed by atoms with Gasteiger partial charge in [-0.05, 0) is 36.8 Å². The number of nitrogens with one attached hydrogen (secondary N) is 1. The zero-order chi connectivity index (χ0) is 21.0. The first-order valence-corrected chi connectivity index (χ1v) is 9.43. The number of hydrogen-bond acceptors (Lipinski definition) is 5. The van der Waals surface area contributed by atoms with Crippen LogP contribution in [0.1, 0.15) is 12.0 Å². The van der Waals surface area contributed by atoms with E-state index in [1.807, 2.05) is 0 Å². The lowest BCUT2D eigenvalue weighted by atomic mass is 10.1. The van der Waals surface area contributed by atoms with E-state index in [0.29, 0.717) is 22.1 Å². The van der Waals surface area contributed by atoms with E-state index in [1.54, 1.807) is 49.4 Å². The van der Waals surface area contributed by atoms with E-state index in [2.05, 4.69) is 5.32 Å². The second-order valence-electron chi connectivity index (χ2n) is 6.65. The van der Waals surface area contributed by atoms with Crippen LogP contribution < -0.4 is 15.0 Å². The zero-order valence-corrected chi connectivity index (χ0v) is 16.9. The van der Waals surface area contributed by atoms with Crippen LogP contribution in [0.3, 0.4) is 0 Å². The Bertz CT molecular complexity index is 946. The number of nitrogens with zero attached hydrogens (tertiary/aromatic N) is 1. The van der Waals surface area contributed by atoms with Gasteiger partial charge in [-0.3, -0.25) is 14.4 Å². The third kappa shape index (κ3) is 4.68. The average Bonchev–Trinajstić information content (AvgIpc) is 3.11. The van der Waals surface area contributed by atoms with Crippen molar-refractivity contribution in [3.05, 3.63) is 53.1 Å². The molecule has 1 atom stereocenters. The van der Waals surface area contributed by atoms with Gasteiger partial charge in [0.05, 0.1) is 18.7 Å². The number of carbonyl (C=O) groups excluding carboxylic acids is 3. The molecule has 1 N–H and O–H groups in total. The minimum Gasteiger partial charge on any atom is -0.495 e. The van der Waals surface area contributed by atoms with Gasteiger partial charge in [-0.15, -0.1) is 0 Å². The summed E-state index contributed by atoms with van der Waals surface area (Å²) in [7, 11) is 1.52. The van der Waals surface area contributed by atoms with Crippen LogP contribution in [-0.4, -0.2) is 38.0 Å². The number of anilines is 2. The molecule has 2 amide bonds. The van der Waals surface area contributed by atoms with Crippen molar-refractivity contribution in [3.8, 4) is 5.75 Å². The molecule has 8 heteroatoms. The summed E-state index contributed by atoms with van der Waals surface area (Å²) in [5.41, 5.74) is 1.88. The van der Waals surface area contributed by atoms with Crippen molar-refractivity contribution >= 4 is 40.8 Å². The van der Waals surface area contributed by atoms with E-state index >= 15 is 0 Å². The van der Waals surface area contributed by atoms with Crippen LogP contribution in [0.15, 0.2) is 42.5 Å². The monoisotopic (exact) mass is 416 g/mol. The van der Waals surface area contributed by atoms with Crippen LogP contribution in [0.2, 0.25) is 5.02 Å². The minimum absolute atomic E-state index is 0.0197. The lowest BCUT2D eigenvalue weighted by molar-refractivity contribution is -0.151. The molecule has 2 aromatic carbocycles. The molecule has 0 aromatic heterocycles. The quantitative estimate of drug-likeness (QED) is 0.731. The van der Waals surface area contributed by atoms with Crippen LogP contribution in [0.4, 0.5) is 11.4 Å². The summed E-state index contributed by atoms with van der Waals surface area (Å²) in [6.45, 7) is 1.51. The minimum atomic E-state index is -0.645. The van der Waals surface area contributed by atoms with E-state index in [9.17, 15) is 14.4 Å². The van der Waals surface area contributed by atoms with Gasteiger partial charge in [0, 0.05) is 23.7 Å². The molecule has 0 radical (unpaired) electrons. The van der Waals surface area contributed by atoms with Crippen molar-refractivity contribution in [3.63, 3.8) is 0 Å². The van der Waals surface area contributed by atoms with Crippen molar-refractivity contribution in [2.24, 2.45) is 5.92 Å². The number of esters is 1. The molecular weight excluding hydrogens is 396 g/mol. The van der Waals surface area contributed by atoms with Gasteiger partial charge in [0.1, 0.15) is 5.75 Å². The maximum atomic E-state index is 12.4. The van der Waals surface area contributed by atoms with E-state index in [0.717, 1.165) is 5.56 Å². The largest absolute Gasteiger partial charge is 0.495 e. The van der Waals surface area contributed by atoms with E-state index < -0.39 is 24.4 Å². The Labute approximate surface area is 173 Å². The van der Waals surface area contributed by atoms with Crippen molar-refractivity contribution in [1.29, 1.82) is 0 Å². The first-order chi connectivity index (χ1) is 13.9. The maximum Gasteiger partial charge on any atom is 0.311 e. The molecule has 1 saturated heterocycles. The van der Waals surface area contributed by atoms with Gasteiger partial charge in [0.25, 0.3) is 5.91 Å². The first-order valence-electron chi connectivity index (χ1n) is 9.05. The summed E-state index contributed by atoms with van der Waals surface area (Å²) >= 11 is 6.03. The lowest BCUT2D eigenvalue weighted by Crippen LogP contribution is -2.28.